The number of amides is 1. The summed E-state index contributed by atoms with van der Waals surface area (Å²) in [5.74, 6) is -1.61. The summed E-state index contributed by atoms with van der Waals surface area (Å²) < 4.78 is 27.5. The highest BCUT2D eigenvalue weighted by Crippen LogP contribution is 2.22. The molecule has 3 rings (SSSR count). The number of anilines is 2. The van der Waals surface area contributed by atoms with Crippen LogP contribution >= 0.6 is 0 Å². The molecule has 0 unspecified atom stereocenters. The van der Waals surface area contributed by atoms with Crippen LogP contribution in [0.15, 0.2) is 60.7 Å². The highest BCUT2D eigenvalue weighted by Gasteiger charge is 2.21. The van der Waals surface area contributed by atoms with Crippen LogP contribution in [0.5, 0.6) is 0 Å². The number of rotatable bonds is 6. The Morgan fingerprint density at radius 1 is 0.964 bits per heavy atom. The summed E-state index contributed by atoms with van der Waals surface area (Å²) in [4.78, 5) is 14.5. The average molecular weight is 382 g/mol. The first kappa shape index (κ1) is 19.4. The molecule has 144 valence electrons. The molecule has 0 saturated heterocycles. The van der Waals surface area contributed by atoms with Crippen LogP contribution in [-0.2, 0) is 6.54 Å². The molecule has 1 heterocycles. The van der Waals surface area contributed by atoms with Gasteiger partial charge in [0.15, 0.2) is 11.5 Å². The molecule has 28 heavy (non-hydrogen) atoms. The molecule has 0 fully saturated rings. The van der Waals surface area contributed by atoms with Gasteiger partial charge in [-0.2, -0.15) is 0 Å². The normalized spacial score (nSPS) is 10.8. The van der Waals surface area contributed by atoms with Gasteiger partial charge in [0.2, 0.25) is 0 Å². The van der Waals surface area contributed by atoms with Crippen molar-refractivity contribution in [3.63, 3.8) is 0 Å². The van der Waals surface area contributed by atoms with E-state index in [4.69, 9.17) is 0 Å². The zero-order chi connectivity index (χ0) is 20.1. The van der Waals surface area contributed by atoms with Gasteiger partial charge in [-0.1, -0.05) is 36.4 Å². The fourth-order valence-electron chi connectivity index (χ4n) is 2.67. The molecule has 3 aromatic rings. The van der Waals surface area contributed by atoms with Crippen LogP contribution in [0.2, 0.25) is 0 Å². The van der Waals surface area contributed by atoms with Crippen molar-refractivity contribution in [2.24, 2.45) is 0 Å². The van der Waals surface area contributed by atoms with Crippen molar-refractivity contribution in [1.82, 2.24) is 15.1 Å². The summed E-state index contributed by atoms with van der Waals surface area (Å²) >= 11 is 0. The van der Waals surface area contributed by atoms with Gasteiger partial charge in [-0.05, 0) is 43.7 Å². The third kappa shape index (κ3) is 4.49. The van der Waals surface area contributed by atoms with Crippen molar-refractivity contribution in [2.45, 2.75) is 26.4 Å². The fourth-order valence-corrected chi connectivity index (χ4v) is 2.67. The predicted octanol–water partition coefficient (Wildman–Crippen LogP) is 4.55. The van der Waals surface area contributed by atoms with Crippen molar-refractivity contribution < 1.29 is 13.6 Å². The van der Waals surface area contributed by atoms with E-state index in [0.29, 0.717) is 6.54 Å². The minimum atomic E-state index is -0.740. The molecule has 2 aromatic carbocycles. The zero-order valence-electron chi connectivity index (χ0n) is 15.6. The molecule has 5 nitrogen and oxygen atoms in total. The fraction of sp³-hybridized carbons (Fsp3) is 0.190. The molecule has 0 spiro atoms. The van der Waals surface area contributed by atoms with E-state index in [0.717, 1.165) is 17.7 Å². The number of carbonyl (C=O) groups is 1. The SMILES string of the molecule is CC(C)N(Cc1ccccc1)C(=O)c1ccc(Nc2c(F)cccc2F)nn1. The summed E-state index contributed by atoms with van der Waals surface area (Å²) in [7, 11) is 0. The van der Waals surface area contributed by atoms with E-state index in [1.165, 1.54) is 18.2 Å². The molecule has 1 amide bonds. The summed E-state index contributed by atoms with van der Waals surface area (Å²) in [5.41, 5.74) is 0.846. The maximum absolute atomic E-state index is 13.7. The predicted molar refractivity (Wildman–Crippen MR) is 103 cm³/mol. The Morgan fingerprint density at radius 2 is 1.64 bits per heavy atom. The molecular formula is C21H20F2N4O. The van der Waals surface area contributed by atoms with E-state index < -0.39 is 11.6 Å². The zero-order valence-corrected chi connectivity index (χ0v) is 15.6. The smallest absolute Gasteiger partial charge is 0.274 e. The lowest BCUT2D eigenvalue weighted by molar-refractivity contribution is 0.0683. The van der Waals surface area contributed by atoms with E-state index in [1.54, 1.807) is 4.90 Å². The van der Waals surface area contributed by atoms with Crippen molar-refractivity contribution in [2.75, 3.05) is 5.32 Å². The number of hydrogen-bond acceptors (Lipinski definition) is 4. The molecule has 1 N–H and O–H groups in total. The van der Waals surface area contributed by atoms with Gasteiger partial charge in [-0.25, -0.2) is 8.78 Å². The van der Waals surface area contributed by atoms with Gasteiger partial charge in [0.05, 0.1) is 0 Å². The Labute approximate surface area is 162 Å². The standard InChI is InChI=1S/C21H20F2N4O/c1-14(2)27(13-15-7-4-3-5-8-15)21(28)18-11-12-19(26-25-18)24-20-16(22)9-6-10-17(20)23/h3-12,14H,13H2,1-2H3,(H,24,26). The quantitative estimate of drug-likeness (QED) is 0.680. The number of halogens is 2. The van der Waals surface area contributed by atoms with Gasteiger partial charge in [-0.3, -0.25) is 4.79 Å². The maximum atomic E-state index is 13.7. The van der Waals surface area contributed by atoms with Gasteiger partial charge in [0, 0.05) is 12.6 Å². The maximum Gasteiger partial charge on any atom is 0.274 e. The lowest BCUT2D eigenvalue weighted by Crippen LogP contribution is -2.37. The van der Waals surface area contributed by atoms with E-state index in [9.17, 15) is 13.6 Å². The minimum absolute atomic E-state index is 0.0418. The summed E-state index contributed by atoms with van der Waals surface area (Å²) in [6, 6.07) is 16.1. The third-order valence-electron chi connectivity index (χ3n) is 4.18. The van der Waals surface area contributed by atoms with Crippen LogP contribution < -0.4 is 5.32 Å². The average Bonchev–Trinajstić information content (AvgIpc) is 2.69. The van der Waals surface area contributed by atoms with Crippen molar-refractivity contribution in [3.05, 3.63) is 83.6 Å². The van der Waals surface area contributed by atoms with E-state index in [2.05, 4.69) is 15.5 Å². The second kappa shape index (κ2) is 8.56. The molecule has 7 heteroatoms. The number of nitrogens with one attached hydrogen (secondary N) is 1. The van der Waals surface area contributed by atoms with Crippen LogP contribution in [-0.4, -0.2) is 27.0 Å². The number of nitrogens with zero attached hydrogens (tertiary/aromatic N) is 3. The molecule has 0 aliphatic heterocycles. The van der Waals surface area contributed by atoms with Gasteiger partial charge in [-0.15, -0.1) is 10.2 Å². The molecule has 0 aliphatic rings. The number of benzene rings is 2. The largest absolute Gasteiger partial charge is 0.334 e. The van der Waals surface area contributed by atoms with E-state index in [-0.39, 0.29) is 29.1 Å². The molecule has 0 radical (unpaired) electrons. The molecule has 0 aliphatic carbocycles. The lowest BCUT2D eigenvalue weighted by Gasteiger charge is -2.26. The topological polar surface area (TPSA) is 58.1 Å². The second-order valence-corrected chi connectivity index (χ2v) is 6.54. The molecule has 1 aromatic heterocycles. The molecule has 0 bridgehead atoms. The summed E-state index contributed by atoms with van der Waals surface area (Å²) in [5, 5.41) is 10.4. The minimum Gasteiger partial charge on any atom is -0.334 e. The van der Waals surface area contributed by atoms with E-state index in [1.807, 2.05) is 44.2 Å². The number of aromatic nitrogens is 2. The summed E-state index contributed by atoms with van der Waals surface area (Å²) in [6.45, 7) is 4.29. The molecular weight excluding hydrogens is 362 g/mol. The first-order valence-electron chi connectivity index (χ1n) is 8.85. The van der Waals surface area contributed by atoms with Crippen LogP contribution in [0.25, 0.3) is 0 Å². The highest BCUT2D eigenvalue weighted by atomic mass is 19.1. The van der Waals surface area contributed by atoms with Crippen LogP contribution in [0, 0.1) is 11.6 Å². The van der Waals surface area contributed by atoms with Crippen molar-refractivity contribution >= 4 is 17.4 Å². The van der Waals surface area contributed by atoms with Crippen LogP contribution in [0.4, 0.5) is 20.3 Å². The Kier molecular flexibility index (Phi) is 5.93. The van der Waals surface area contributed by atoms with Crippen LogP contribution in [0.1, 0.15) is 29.9 Å². The number of para-hydroxylation sites is 1. The lowest BCUT2D eigenvalue weighted by atomic mass is 10.1. The second-order valence-electron chi connectivity index (χ2n) is 6.54. The van der Waals surface area contributed by atoms with Crippen molar-refractivity contribution in [3.8, 4) is 0 Å². The Bertz CT molecular complexity index is 926. The molecule has 0 saturated carbocycles. The Hall–Kier alpha value is -3.35. The van der Waals surface area contributed by atoms with Gasteiger partial charge in [0.1, 0.15) is 17.3 Å². The first-order chi connectivity index (χ1) is 13.5. The highest BCUT2D eigenvalue weighted by molar-refractivity contribution is 5.92. The number of hydrogen-bond donors (Lipinski definition) is 1. The Balaban J connectivity index is 1.76. The van der Waals surface area contributed by atoms with Gasteiger partial charge >= 0.3 is 0 Å². The molecule has 0 atom stereocenters. The monoisotopic (exact) mass is 382 g/mol. The van der Waals surface area contributed by atoms with E-state index >= 15 is 0 Å². The summed E-state index contributed by atoms with van der Waals surface area (Å²) in [6.07, 6.45) is 0. The van der Waals surface area contributed by atoms with Gasteiger partial charge < -0.3 is 10.2 Å². The van der Waals surface area contributed by atoms with Crippen LogP contribution in [0.3, 0.4) is 0 Å². The third-order valence-corrected chi connectivity index (χ3v) is 4.18. The van der Waals surface area contributed by atoms with Gasteiger partial charge in [0.25, 0.3) is 5.91 Å². The Morgan fingerprint density at radius 3 is 2.21 bits per heavy atom. The van der Waals surface area contributed by atoms with Crippen molar-refractivity contribution in [1.29, 1.82) is 0 Å². The number of carbonyl (C=O) groups excluding carboxylic acids is 1. The first-order valence-corrected chi connectivity index (χ1v) is 8.85.